The monoisotopic (exact) mass is 431 g/mol. The lowest BCUT2D eigenvalue weighted by Gasteiger charge is -2.22. The van der Waals surface area contributed by atoms with Crippen molar-refractivity contribution in [1.29, 1.82) is 0 Å². The fourth-order valence-electron chi connectivity index (χ4n) is 4.19. The molecule has 2 aromatic heterocycles. The Morgan fingerprint density at radius 1 is 1.19 bits per heavy atom. The normalized spacial score (nSPS) is 15.1. The maximum absolute atomic E-state index is 13.8. The Bertz CT molecular complexity index is 1240. The number of halogens is 3. The number of nitrogens with zero attached hydrogens (tertiary/aromatic N) is 2. The Hall–Kier alpha value is -3.25. The summed E-state index contributed by atoms with van der Waals surface area (Å²) in [6, 6.07) is 4.29. The van der Waals surface area contributed by atoms with E-state index in [1.807, 2.05) is 0 Å². The van der Waals surface area contributed by atoms with E-state index in [-0.39, 0.29) is 40.6 Å². The van der Waals surface area contributed by atoms with Gasteiger partial charge >= 0.3 is 6.18 Å². The van der Waals surface area contributed by atoms with Crippen molar-refractivity contribution in [2.24, 2.45) is 0 Å². The molecule has 3 aromatic rings. The largest absolute Gasteiger partial charge is 0.507 e. The van der Waals surface area contributed by atoms with E-state index in [0.717, 1.165) is 23.8 Å². The van der Waals surface area contributed by atoms with Gasteiger partial charge in [0.15, 0.2) is 5.65 Å². The van der Waals surface area contributed by atoms with E-state index in [1.165, 1.54) is 24.4 Å². The number of nitrogens with one attached hydrogen (secondary N) is 1. The molecular formula is C22H20F3N3O3. The molecule has 6 nitrogen and oxygen atoms in total. The van der Waals surface area contributed by atoms with Crippen molar-refractivity contribution in [3.8, 4) is 28.7 Å². The highest BCUT2D eigenvalue weighted by Crippen LogP contribution is 2.41. The van der Waals surface area contributed by atoms with E-state index in [2.05, 4.69) is 21.9 Å². The van der Waals surface area contributed by atoms with Crippen molar-refractivity contribution < 1.29 is 23.4 Å². The Balaban J connectivity index is 1.88. The Kier molecular flexibility index (Phi) is 5.50. The summed E-state index contributed by atoms with van der Waals surface area (Å²) in [5.74, 6) is 4.49. The second-order valence-electron chi connectivity index (χ2n) is 7.56. The highest BCUT2D eigenvalue weighted by Gasteiger charge is 2.40. The van der Waals surface area contributed by atoms with Crippen molar-refractivity contribution in [3.05, 3.63) is 51.6 Å². The van der Waals surface area contributed by atoms with Gasteiger partial charge in [-0.05, 0) is 37.0 Å². The number of hydrogen-bond acceptors (Lipinski definition) is 4. The molecular weight excluding hydrogens is 411 g/mol. The first-order valence-electron chi connectivity index (χ1n) is 9.95. The first-order valence-corrected chi connectivity index (χ1v) is 9.95. The molecule has 0 spiro atoms. The van der Waals surface area contributed by atoms with Crippen LogP contribution < -0.4 is 5.56 Å². The number of hydrogen-bond donors (Lipinski definition) is 3. The maximum Gasteiger partial charge on any atom is 0.433 e. The third-order valence-electron chi connectivity index (χ3n) is 5.59. The zero-order valence-electron chi connectivity index (χ0n) is 16.5. The maximum atomic E-state index is 13.8. The summed E-state index contributed by atoms with van der Waals surface area (Å²) in [6.45, 7) is -0.345. The summed E-state index contributed by atoms with van der Waals surface area (Å²) >= 11 is 0. The quantitative estimate of drug-likeness (QED) is 0.539. The number of alkyl halides is 3. The van der Waals surface area contributed by atoms with Gasteiger partial charge < -0.3 is 10.2 Å². The van der Waals surface area contributed by atoms with Crippen LogP contribution in [0.15, 0.2) is 29.2 Å². The van der Waals surface area contributed by atoms with E-state index in [1.54, 1.807) is 0 Å². The summed E-state index contributed by atoms with van der Waals surface area (Å²) in [5.41, 5.74) is -1.16. The summed E-state index contributed by atoms with van der Waals surface area (Å²) in [4.78, 5) is 17.3. The van der Waals surface area contributed by atoms with Crippen molar-refractivity contribution in [3.63, 3.8) is 0 Å². The molecule has 3 N–H and O–H groups in total. The van der Waals surface area contributed by atoms with Crippen molar-refractivity contribution in [2.45, 2.75) is 44.2 Å². The average Bonchev–Trinajstić information content (AvgIpc) is 3.15. The van der Waals surface area contributed by atoms with Crippen LogP contribution in [-0.4, -0.2) is 31.4 Å². The van der Waals surface area contributed by atoms with Crippen LogP contribution >= 0.6 is 0 Å². The van der Waals surface area contributed by atoms with Gasteiger partial charge in [-0.3, -0.25) is 9.89 Å². The third kappa shape index (κ3) is 3.91. The highest BCUT2D eigenvalue weighted by atomic mass is 19.4. The minimum absolute atomic E-state index is 0.0297. The van der Waals surface area contributed by atoms with Gasteiger partial charge in [-0.25, -0.2) is 9.50 Å². The fourth-order valence-corrected chi connectivity index (χ4v) is 4.19. The van der Waals surface area contributed by atoms with E-state index >= 15 is 0 Å². The van der Waals surface area contributed by atoms with Crippen molar-refractivity contribution in [2.75, 3.05) is 6.61 Å². The number of fused-ring (bicyclic) bond motifs is 1. The second-order valence-corrected chi connectivity index (χ2v) is 7.56. The van der Waals surface area contributed by atoms with E-state index < -0.39 is 17.4 Å². The minimum atomic E-state index is -4.65. The number of benzene rings is 1. The Morgan fingerprint density at radius 3 is 2.58 bits per heavy atom. The van der Waals surface area contributed by atoms with Crippen LogP contribution in [0.1, 0.15) is 54.8 Å². The number of aromatic hydroxyl groups is 1. The molecule has 1 fully saturated rings. The summed E-state index contributed by atoms with van der Waals surface area (Å²) in [7, 11) is 0. The van der Waals surface area contributed by atoms with Gasteiger partial charge in [0.2, 0.25) is 0 Å². The Labute approximate surface area is 175 Å². The second kappa shape index (κ2) is 8.12. The molecule has 0 atom stereocenters. The van der Waals surface area contributed by atoms with Gasteiger partial charge in [0.1, 0.15) is 18.1 Å². The lowest BCUT2D eigenvalue weighted by molar-refractivity contribution is -0.142. The van der Waals surface area contributed by atoms with Gasteiger partial charge in [0, 0.05) is 22.9 Å². The smallest absolute Gasteiger partial charge is 0.433 e. The number of aromatic nitrogens is 3. The number of aliphatic hydroxyl groups is 1. The molecule has 162 valence electrons. The van der Waals surface area contributed by atoms with Crippen LogP contribution in [0.2, 0.25) is 0 Å². The van der Waals surface area contributed by atoms with Gasteiger partial charge in [-0.1, -0.05) is 31.1 Å². The lowest BCUT2D eigenvalue weighted by atomic mass is 9.84. The van der Waals surface area contributed by atoms with E-state index in [4.69, 9.17) is 5.11 Å². The predicted octanol–water partition coefficient (Wildman–Crippen LogP) is 3.81. The van der Waals surface area contributed by atoms with Crippen LogP contribution in [0, 0.1) is 11.8 Å². The molecule has 0 amide bonds. The highest BCUT2D eigenvalue weighted by molar-refractivity contribution is 5.71. The molecule has 0 bridgehead atoms. The molecule has 1 aliphatic carbocycles. The first kappa shape index (κ1) is 21.0. The molecule has 1 aliphatic rings. The van der Waals surface area contributed by atoms with Gasteiger partial charge in [0.25, 0.3) is 5.56 Å². The minimum Gasteiger partial charge on any atom is -0.507 e. The topological polar surface area (TPSA) is 90.6 Å². The molecule has 2 heterocycles. The molecule has 0 saturated heterocycles. The first-order chi connectivity index (χ1) is 14.8. The van der Waals surface area contributed by atoms with Gasteiger partial charge in [0.05, 0.1) is 5.56 Å². The Morgan fingerprint density at radius 2 is 1.94 bits per heavy atom. The average molecular weight is 431 g/mol. The van der Waals surface area contributed by atoms with E-state index in [9.17, 15) is 23.1 Å². The predicted molar refractivity (Wildman–Crippen MR) is 108 cm³/mol. The summed E-state index contributed by atoms with van der Waals surface area (Å²) in [6.07, 6.45) is 0.433. The van der Waals surface area contributed by atoms with E-state index in [0.29, 0.717) is 18.4 Å². The number of aromatic amines is 1. The molecule has 1 saturated carbocycles. The molecule has 0 unspecified atom stereocenters. The van der Waals surface area contributed by atoms with Crippen LogP contribution in [-0.2, 0) is 6.18 Å². The lowest BCUT2D eigenvalue weighted by Crippen LogP contribution is -2.18. The van der Waals surface area contributed by atoms with Crippen molar-refractivity contribution in [1.82, 2.24) is 14.6 Å². The van der Waals surface area contributed by atoms with Crippen LogP contribution in [0.25, 0.3) is 16.8 Å². The summed E-state index contributed by atoms with van der Waals surface area (Å²) < 4.78 is 42.1. The molecule has 4 rings (SSSR count). The molecule has 0 aliphatic heterocycles. The zero-order valence-corrected chi connectivity index (χ0v) is 16.5. The van der Waals surface area contributed by atoms with Crippen LogP contribution in [0.5, 0.6) is 5.75 Å². The molecule has 31 heavy (non-hydrogen) atoms. The standard InChI is InChI=1S/C22H20F3N3O3/c23-22(24,25)19-18(14-6-2-1-3-7-14)20-26-12-16(21(31)28(20)27-19)15-9-8-13(5-4-10-29)11-17(15)30/h8-9,11-12,14,27,29-30H,1-3,6-7,10H2. The number of rotatable bonds is 2. The molecule has 9 heteroatoms. The fraction of sp³-hybridized carbons (Fsp3) is 0.364. The van der Waals surface area contributed by atoms with Gasteiger partial charge in [-0.15, -0.1) is 0 Å². The number of phenols is 1. The van der Waals surface area contributed by atoms with Crippen LogP contribution in [0.4, 0.5) is 13.2 Å². The summed E-state index contributed by atoms with van der Waals surface area (Å²) in [5, 5.41) is 21.3. The molecule has 0 radical (unpaired) electrons. The SMILES string of the molecule is O=c1c(-c2ccc(C#CCO)cc2O)cnc2c(C3CCCCC3)c(C(F)(F)F)[nH]n12. The number of H-pyrrole nitrogens is 1. The van der Waals surface area contributed by atoms with Gasteiger partial charge in [-0.2, -0.15) is 13.2 Å². The van der Waals surface area contributed by atoms with Crippen LogP contribution in [0.3, 0.4) is 0 Å². The van der Waals surface area contributed by atoms with Crippen molar-refractivity contribution >= 4 is 5.65 Å². The molecule has 1 aromatic carbocycles. The third-order valence-corrected chi connectivity index (χ3v) is 5.59. The zero-order chi connectivity index (χ0) is 22.2. The number of aliphatic hydroxyl groups excluding tert-OH is 1. The number of phenolic OH excluding ortho intramolecular Hbond substituents is 1.